The molecule has 28 heavy (non-hydrogen) atoms. The lowest BCUT2D eigenvalue weighted by molar-refractivity contribution is -0.116. The lowest BCUT2D eigenvalue weighted by Crippen LogP contribution is -2.44. The molecule has 5 heteroatoms. The van der Waals surface area contributed by atoms with Crippen LogP contribution in [-0.4, -0.2) is 62.6 Å². The molecule has 1 aliphatic rings. The van der Waals surface area contributed by atoms with Crippen LogP contribution in [-0.2, 0) is 4.79 Å². The predicted molar refractivity (Wildman–Crippen MR) is 115 cm³/mol. The van der Waals surface area contributed by atoms with Gasteiger partial charge < -0.3 is 19.9 Å². The molecule has 0 spiro atoms. The number of ether oxygens (including phenoxy) is 1. The van der Waals surface area contributed by atoms with Crippen molar-refractivity contribution in [2.45, 2.75) is 19.3 Å². The van der Waals surface area contributed by atoms with Gasteiger partial charge in [0.1, 0.15) is 5.75 Å². The second-order valence-corrected chi connectivity index (χ2v) is 7.46. The van der Waals surface area contributed by atoms with Crippen molar-refractivity contribution >= 4 is 11.6 Å². The van der Waals surface area contributed by atoms with Crippen molar-refractivity contribution in [3.8, 4) is 16.9 Å². The number of hydrogen-bond acceptors (Lipinski definition) is 4. The van der Waals surface area contributed by atoms with Gasteiger partial charge in [-0.15, -0.1) is 0 Å². The first-order valence-corrected chi connectivity index (χ1v) is 10.1. The number of piperazine rings is 1. The largest absolute Gasteiger partial charge is 0.497 e. The second-order valence-electron chi connectivity index (χ2n) is 7.46. The van der Waals surface area contributed by atoms with E-state index in [1.807, 2.05) is 48.5 Å². The predicted octanol–water partition coefficient (Wildman–Crippen LogP) is 3.72. The van der Waals surface area contributed by atoms with E-state index >= 15 is 0 Å². The minimum absolute atomic E-state index is 0.0844. The average molecular weight is 382 g/mol. The average Bonchev–Trinajstić information content (AvgIpc) is 2.73. The number of carbonyl (C=O) groups is 1. The number of benzene rings is 2. The zero-order chi connectivity index (χ0) is 19.8. The minimum Gasteiger partial charge on any atom is -0.497 e. The van der Waals surface area contributed by atoms with Crippen molar-refractivity contribution in [3.63, 3.8) is 0 Å². The summed E-state index contributed by atoms with van der Waals surface area (Å²) in [5.74, 6) is 0.911. The third-order valence-corrected chi connectivity index (χ3v) is 5.27. The van der Waals surface area contributed by atoms with Crippen LogP contribution in [0.2, 0.25) is 0 Å². The minimum atomic E-state index is 0.0844. The van der Waals surface area contributed by atoms with Gasteiger partial charge in [0, 0.05) is 38.3 Å². The van der Waals surface area contributed by atoms with E-state index in [1.165, 1.54) is 0 Å². The van der Waals surface area contributed by atoms with Crippen LogP contribution in [0.15, 0.2) is 48.5 Å². The molecule has 1 saturated heterocycles. The zero-order valence-corrected chi connectivity index (χ0v) is 17.0. The molecule has 1 fully saturated rings. The van der Waals surface area contributed by atoms with Gasteiger partial charge in [-0.25, -0.2) is 0 Å². The Balaban J connectivity index is 1.45. The van der Waals surface area contributed by atoms with Gasteiger partial charge in [-0.2, -0.15) is 0 Å². The summed E-state index contributed by atoms with van der Waals surface area (Å²) in [6.07, 6.45) is 2.56. The van der Waals surface area contributed by atoms with Gasteiger partial charge in [0.05, 0.1) is 7.11 Å². The number of nitrogens with zero attached hydrogens (tertiary/aromatic N) is 2. The van der Waals surface area contributed by atoms with E-state index in [2.05, 4.69) is 22.2 Å². The lowest BCUT2D eigenvalue weighted by Gasteiger charge is -2.32. The molecule has 0 aliphatic carbocycles. The quantitative estimate of drug-likeness (QED) is 0.708. The Hall–Kier alpha value is -2.37. The van der Waals surface area contributed by atoms with Crippen LogP contribution in [0, 0.1) is 0 Å². The van der Waals surface area contributed by atoms with Crippen LogP contribution in [0.1, 0.15) is 19.3 Å². The molecule has 5 nitrogen and oxygen atoms in total. The van der Waals surface area contributed by atoms with Crippen molar-refractivity contribution in [3.05, 3.63) is 48.5 Å². The number of likely N-dealkylation sites (N-methyl/N-ethyl adjacent to an activating group) is 1. The third kappa shape index (κ3) is 6.08. The maximum Gasteiger partial charge on any atom is 0.224 e. The highest BCUT2D eigenvalue weighted by molar-refractivity contribution is 5.91. The molecule has 150 valence electrons. The Labute approximate surface area is 168 Å². The summed E-state index contributed by atoms with van der Waals surface area (Å²) in [5, 5.41) is 3.03. The Morgan fingerprint density at radius 3 is 2.46 bits per heavy atom. The maximum atomic E-state index is 12.3. The van der Waals surface area contributed by atoms with Gasteiger partial charge in [-0.3, -0.25) is 4.79 Å². The fourth-order valence-corrected chi connectivity index (χ4v) is 3.50. The van der Waals surface area contributed by atoms with Crippen LogP contribution in [0.25, 0.3) is 11.1 Å². The molecule has 0 saturated carbocycles. The normalized spacial score (nSPS) is 15.4. The van der Waals surface area contributed by atoms with E-state index in [-0.39, 0.29) is 5.91 Å². The van der Waals surface area contributed by atoms with Crippen LogP contribution >= 0.6 is 0 Å². The SMILES string of the molecule is COc1cccc(-c2cccc(NC(=O)CCCCN3CCN(C)CC3)c2)c1. The van der Waals surface area contributed by atoms with E-state index in [0.29, 0.717) is 6.42 Å². The lowest BCUT2D eigenvalue weighted by atomic mass is 10.0. The topological polar surface area (TPSA) is 44.8 Å². The Kier molecular flexibility index (Phi) is 7.46. The molecule has 1 N–H and O–H groups in total. The smallest absolute Gasteiger partial charge is 0.224 e. The second kappa shape index (κ2) is 10.2. The van der Waals surface area contributed by atoms with Gasteiger partial charge in [-0.05, 0) is 61.8 Å². The monoisotopic (exact) mass is 381 g/mol. The fraction of sp³-hybridized carbons (Fsp3) is 0.435. The molecule has 0 bridgehead atoms. The van der Waals surface area contributed by atoms with E-state index in [0.717, 1.165) is 68.1 Å². The number of amides is 1. The van der Waals surface area contributed by atoms with Gasteiger partial charge in [0.25, 0.3) is 0 Å². The van der Waals surface area contributed by atoms with Crippen LogP contribution in [0.5, 0.6) is 5.75 Å². The van der Waals surface area contributed by atoms with E-state index < -0.39 is 0 Å². The van der Waals surface area contributed by atoms with Crippen molar-refractivity contribution in [1.29, 1.82) is 0 Å². The highest BCUT2D eigenvalue weighted by Crippen LogP contribution is 2.26. The molecule has 0 unspecified atom stereocenters. The Bertz CT molecular complexity index is 770. The van der Waals surface area contributed by atoms with Gasteiger partial charge in [0.15, 0.2) is 0 Å². The summed E-state index contributed by atoms with van der Waals surface area (Å²) in [5.41, 5.74) is 2.97. The summed E-state index contributed by atoms with van der Waals surface area (Å²) in [4.78, 5) is 17.2. The van der Waals surface area contributed by atoms with Crippen LogP contribution < -0.4 is 10.1 Å². The van der Waals surface area contributed by atoms with Gasteiger partial charge in [-0.1, -0.05) is 24.3 Å². The number of unbranched alkanes of at least 4 members (excludes halogenated alkanes) is 1. The third-order valence-electron chi connectivity index (χ3n) is 5.27. The van der Waals surface area contributed by atoms with Crippen LogP contribution in [0.3, 0.4) is 0 Å². The summed E-state index contributed by atoms with van der Waals surface area (Å²) < 4.78 is 5.30. The van der Waals surface area contributed by atoms with Gasteiger partial charge in [0.2, 0.25) is 5.91 Å². The summed E-state index contributed by atoms with van der Waals surface area (Å²) in [6.45, 7) is 5.65. The maximum absolute atomic E-state index is 12.3. The molecule has 1 aliphatic heterocycles. The number of methoxy groups -OCH3 is 1. The molecule has 1 amide bonds. The molecule has 2 aromatic carbocycles. The number of nitrogens with one attached hydrogen (secondary N) is 1. The first-order valence-electron chi connectivity index (χ1n) is 10.1. The molecule has 0 aromatic heterocycles. The molecular weight excluding hydrogens is 350 g/mol. The zero-order valence-electron chi connectivity index (χ0n) is 17.0. The van der Waals surface area contributed by atoms with Gasteiger partial charge >= 0.3 is 0 Å². The van der Waals surface area contributed by atoms with Crippen LogP contribution in [0.4, 0.5) is 5.69 Å². The van der Waals surface area contributed by atoms with Crippen molar-refractivity contribution in [1.82, 2.24) is 9.80 Å². The number of carbonyl (C=O) groups excluding carboxylic acids is 1. The highest BCUT2D eigenvalue weighted by Gasteiger charge is 2.13. The first-order chi connectivity index (χ1) is 13.6. The van der Waals surface area contributed by atoms with E-state index in [1.54, 1.807) is 7.11 Å². The highest BCUT2D eigenvalue weighted by atomic mass is 16.5. The molecule has 2 aromatic rings. The van der Waals surface area contributed by atoms with Crippen molar-refractivity contribution in [2.75, 3.05) is 52.2 Å². The molecular formula is C23H31N3O2. The molecule has 0 radical (unpaired) electrons. The standard InChI is InChI=1S/C23H31N3O2/c1-25-13-15-26(16-14-25)12-4-3-11-23(27)24-21-9-5-7-19(17-21)20-8-6-10-22(18-20)28-2/h5-10,17-18H,3-4,11-16H2,1-2H3,(H,24,27). The molecule has 1 heterocycles. The number of anilines is 1. The molecule has 0 atom stereocenters. The first kappa shape index (κ1) is 20.4. The Morgan fingerprint density at radius 1 is 1.00 bits per heavy atom. The number of hydrogen-bond donors (Lipinski definition) is 1. The summed E-state index contributed by atoms with van der Waals surface area (Å²) in [7, 11) is 3.84. The van der Waals surface area contributed by atoms with E-state index in [9.17, 15) is 4.79 Å². The fourth-order valence-electron chi connectivity index (χ4n) is 3.50. The summed E-state index contributed by atoms with van der Waals surface area (Å²) in [6, 6.07) is 15.9. The van der Waals surface area contributed by atoms with Crippen molar-refractivity contribution < 1.29 is 9.53 Å². The summed E-state index contributed by atoms with van der Waals surface area (Å²) >= 11 is 0. The van der Waals surface area contributed by atoms with Crippen molar-refractivity contribution in [2.24, 2.45) is 0 Å². The molecule has 3 rings (SSSR count). The number of rotatable bonds is 8. The van der Waals surface area contributed by atoms with E-state index in [4.69, 9.17) is 4.74 Å². The Morgan fingerprint density at radius 2 is 1.71 bits per heavy atom.